The molecule has 0 aliphatic carbocycles. The Morgan fingerprint density at radius 1 is 1.31 bits per heavy atom. The van der Waals surface area contributed by atoms with E-state index in [1.54, 1.807) is 0 Å². The van der Waals surface area contributed by atoms with E-state index in [4.69, 9.17) is 5.26 Å². The Balaban J connectivity index is 2.10. The van der Waals surface area contributed by atoms with Crippen molar-refractivity contribution in [2.75, 3.05) is 19.6 Å². The molecular formula is C11H20N2. The van der Waals surface area contributed by atoms with Gasteiger partial charge >= 0.3 is 0 Å². The molecule has 1 rings (SSSR count). The second-order valence-corrected chi connectivity index (χ2v) is 4.65. The molecule has 13 heavy (non-hydrogen) atoms. The molecule has 1 fully saturated rings. The molecular weight excluding hydrogens is 160 g/mol. The van der Waals surface area contributed by atoms with Crippen molar-refractivity contribution in [3.05, 3.63) is 0 Å². The minimum absolute atomic E-state index is 0.125. The van der Waals surface area contributed by atoms with Crippen LogP contribution < -0.4 is 0 Å². The molecule has 2 heteroatoms. The first kappa shape index (κ1) is 10.5. The zero-order valence-electron chi connectivity index (χ0n) is 8.84. The number of hydrogen-bond donors (Lipinski definition) is 0. The smallest absolute Gasteiger partial charge is 0.0683 e. The molecule has 0 saturated carbocycles. The predicted octanol–water partition coefficient (Wildman–Crippen LogP) is 2.41. The normalized spacial score (nSPS) is 18.8. The van der Waals surface area contributed by atoms with Crippen LogP contribution in [0.2, 0.25) is 0 Å². The van der Waals surface area contributed by atoms with Crippen LogP contribution in [0.3, 0.4) is 0 Å². The predicted molar refractivity (Wildman–Crippen MR) is 54.3 cm³/mol. The highest BCUT2D eigenvalue weighted by Gasteiger charge is 2.17. The van der Waals surface area contributed by atoms with E-state index in [0.717, 1.165) is 6.42 Å². The van der Waals surface area contributed by atoms with E-state index < -0.39 is 0 Å². The third-order valence-electron chi connectivity index (χ3n) is 2.78. The van der Waals surface area contributed by atoms with Gasteiger partial charge in [0.2, 0.25) is 0 Å². The number of likely N-dealkylation sites (tertiary alicyclic amines) is 1. The Bertz CT molecular complexity index is 185. The minimum atomic E-state index is -0.125. The largest absolute Gasteiger partial charge is 0.303 e. The number of hydrogen-bond acceptors (Lipinski definition) is 2. The summed E-state index contributed by atoms with van der Waals surface area (Å²) < 4.78 is 0. The molecule has 0 aromatic carbocycles. The van der Waals surface area contributed by atoms with E-state index >= 15 is 0 Å². The zero-order chi connectivity index (χ0) is 9.73. The van der Waals surface area contributed by atoms with Gasteiger partial charge in [-0.1, -0.05) is 0 Å². The summed E-state index contributed by atoms with van der Waals surface area (Å²) in [6.45, 7) is 7.78. The van der Waals surface area contributed by atoms with E-state index in [9.17, 15) is 0 Å². The third kappa shape index (κ3) is 3.78. The summed E-state index contributed by atoms with van der Waals surface area (Å²) in [6, 6.07) is 2.35. The SMILES string of the molecule is CC(C)(C#N)CCCN1CCCC1. The van der Waals surface area contributed by atoms with Crippen molar-refractivity contribution >= 4 is 0 Å². The Morgan fingerprint density at radius 3 is 2.46 bits per heavy atom. The third-order valence-corrected chi connectivity index (χ3v) is 2.78. The Morgan fingerprint density at radius 2 is 1.92 bits per heavy atom. The molecule has 1 aliphatic heterocycles. The van der Waals surface area contributed by atoms with E-state index in [-0.39, 0.29) is 5.41 Å². The van der Waals surface area contributed by atoms with Gasteiger partial charge in [-0.3, -0.25) is 0 Å². The van der Waals surface area contributed by atoms with Gasteiger partial charge in [0.15, 0.2) is 0 Å². The van der Waals surface area contributed by atoms with Gasteiger partial charge in [-0.25, -0.2) is 0 Å². The average Bonchev–Trinajstić information content (AvgIpc) is 2.57. The van der Waals surface area contributed by atoms with Gasteiger partial charge in [-0.15, -0.1) is 0 Å². The first-order valence-electron chi connectivity index (χ1n) is 5.28. The van der Waals surface area contributed by atoms with Crippen molar-refractivity contribution in [2.45, 2.75) is 39.5 Å². The molecule has 0 aromatic rings. The van der Waals surface area contributed by atoms with Crippen LogP contribution in [-0.2, 0) is 0 Å². The highest BCUT2D eigenvalue weighted by Crippen LogP contribution is 2.21. The zero-order valence-corrected chi connectivity index (χ0v) is 8.84. The van der Waals surface area contributed by atoms with E-state index in [0.29, 0.717) is 0 Å². The maximum absolute atomic E-state index is 8.82. The number of nitrogens with zero attached hydrogens (tertiary/aromatic N) is 2. The van der Waals surface area contributed by atoms with Crippen LogP contribution in [0.15, 0.2) is 0 Å². The van der Waals surface area contributed by atoms with Crippen molar-refractivity contribution < 1.29 is 0 Å². The Kier molecular flexibility index (Phi) is 3.74. The second kappa shape index (κ2) is 4.62. The summed E-state index contributed by atoms with van der Waals surface area (Å²) in [4.78, 5) is 2.51. The van der Waals surface area contributed by atoms with Crippen molar-refractivity contribution in [3.8, 4) is 6.07 Å². The number of rotatable bonds is 4. The van der Waals surface area contributed by atoms with Crippen molar-refractivity contribution in [2.24, 2.45) is 5.41 Å². The van der Waals surface area contributed by atoms with Gasteiger partial charge < -0.3 is 4.90 Å². The van der Waals surface area contributed by atoms with Gasteiger partial charge in [-0.2, -0.15) is 5.26 Å². The van der Waals surface area contributed by atoms with Crippen LogP contribution in [0.25, 0.3) is 0 Å². The maximum Gasteiger partial charge on any atom is 0.0683 e. The van der Waals surface area contributed by atoms with Crippen LogP contribution in [-0.4, -0.2) is 24.5 Å². The lowest BCUT2D eigenvalue weighted by molar-refractivity contribution is 0.306. The molecule has 1 heterocycles. The van der Waals surface area contributed by atoms with E-state index in [1.807, 2.05) is 13.8 Å². The highest BCUT2D eigenvalue weighted by atomic mass is 15.1. The molecule has 1 aliphatic rings. The molecule has 0 unspecified atom stereocenters. The first-order valence-corrected chi connectivity index (χ1v) is 5.28. The Labute approximate surface area is 81.5 Å². The van der Waals surface area contributed by atoms with Gasteiger partial charge in [0.1, 0.15) is 0 Å². The van der Waals surface area contributed by atoms with Crippen molar-refractivity contribution in [1.29, 1.82) is 5.26 Å². The fourth-order valence-corrected chi connectivity index (χ4v) is 1.81. The molecule has 2 nitrogen and oxygen atoms in total. The van der Waals surface area contributed by atoms with Crippen molar-refractivity contribution in [3.63, 3.8) is 0 Å². The van der Waals surface area contributed by atoms with Gasteiger partial charge in [0.25, 0.3) is 0 Å². The summed E-state index contributed by atoms with van der Waals surface area (Å²) in [7, 11) is 0. The summed E-state index contributed by atoms with van der Waals surface area (Å²) in [5, 5.41) is 8.82. The summed E-state index contributed by atoms with van der Waals surface area (Å²) >= 11 is 0. The van der Waals surface area contributed by atoms with Gasteiger partial charge in [-0.05, 0) is 59.2 Å². The molecule has 0 N–H and O–H groups in total. The van der Waals surface area contributed by atoms with Gasteiger partial charge in [0.05, 0.1) is 11.5 Å². The summed E-state index contributed by atoms with van der Waals surface area (Å²) in [5.74, 6) is 0. The fraction of sp³-hybridized carbons (Fsp3) is 0.909. The molecule has 0 amide bonds. The van der Waals surface area contributed by atoms with Gasteiger partial charge in [0, 0.05) is 0 Å². The number of nitriles is 1. The monoisotopic (exact) mass is 180 g/mol. The molecule has 0 radical (unpaired) electrons. The molecule has 0 spiro atoms. The molecule has 0 atom stereocenters. The standard InChI is InChI=1S/C11H20N2/c1-11(2,10-12)6-5-9-13-7-3-4-8-13/h3-9H2,1-2H3. The van der Waals surface area contributed by atoms with Crippen LogP contribution in [0.1, 0.15) is 39.5 Å². The topological polar surface area (TPSA) is 27.0 Å². The minimum Gasteiger partial charge on any atom is -0.303 e. The lowest BCUT2D eigenvalue weighted by Crippen LogP contribution is -2.22. The quantitative estimate of drug-likeness (QED) is 0.664. The van der Waals surface area contributed by atoms with E-state index in [2.05, 4.69) is 11.0 Å². The van der Waals surface area contributed by atoms with Crippen LogP contribution >= 0.6 is 0 Å². The van der Waals surface area contributed by atoms with E-state index in [1.165, 1.54) is 38.9 Å². The lowest BCUT2D eigenvalue weighted by Gasteiger charge is -2.18. The molecule has 0 aromatic heterocycles. The highest BCUT2D eigenvalue weighted by molar-refractivity contribution is 4.91. The Hall–Kier alpha value is -0.550. The molecule has 1 saturated heterocycles. The van der Waals surface area contributed by atoms with Crippen LogP contribution in [0.4, 0.5) is 0 Å². The van der Waals surface area contributed by atoms with Crippen molar-refractivity contribution in [1.82, 2.24) is 4.90 Å². The maximum atomic E-state index is 8.82. The van der Waals surface area contributed by atoms with Crippen LogP contribution in [0.5, 0.6) is 0 Å². The average molecular weight is 180 g/mol. The lowest BCUT2D eigenvalue weighted by atomic mass is 9.90. The fourth-order valence-electron chi connectivity index (χ4n) is 1.81. The van der Waals surface area contributed by atoms with Crippen LogP contribution in [0, 0.1) is 16.7 Å². The molecule has 0 bridgehead atoms. The molecule has 74 valence electrons. The summed E-state index contributed by atoms with van der Waals surface area (Å²) in [6.07, 6.45) is 4.92. The second-order valence-electron chi connectivity index (χ2n) is 4.65. The summed E-state index contributed by atoms with van der Waals surface area (Å²) in [5.41, 5.74) is -0.125. The first-order chi connectivity index (χ1) is 6.14.